The van der Waals surface area contributed by atoms with Crippen molar-refractivity contribution in [3.05, 3.63) is 0 Å². The Labute approximate surface area is 85.9 Å². The standard InChI is InChI=1S/C11H17NS/c1-2-3-4-5-6-7-8-9-10-13-11-12/h4-10H2,1H3. The van der Waals surface area contributed by atoms with E-state index in [2.05, 4.69) is 17.2 Å². The smallest absolute Gasteiger partial charge is 0.133 e. The van der Waals surface area contributed by atoms with Crippen molar-refractivity contribution in [2.24, 2.45) is 0 Å². The Hall–Kier alpha value is -0.600. The maximum Gasteiger partial charge on any atom is 0.133 e. The van der Waals surface area contributed by atoms with Crippen molar-refractivity contribution in [1.29, 1.82) is 5.26 Å². The van der Waals surface area contributed by atoms with E-state index in [1.807, 2.05) is 6.92 Å². The fraction of sp³-hybridized carbons (Fsp3) is 0.727. The molecule has 0 aromatic heterocycles. The van der Waals surface area contributed by atoms with Gasteiger partial charge in [-0.05, 0) is 31.5 Å². The van der Waals surface area contributed by atoms with Crippen LogP contribution in [0.4, 0.5) is 0 Å². The summed E-state index contributed by atoms with van der Waals surface area (Å²) in [6.45, 7) is 1.89. The molecule has 0 amide bonds. The Balaban J connectivity index is 2.91. The monoisotopic (exact) mass is 195 g/mol. The topological polar surface area (TPSA) is 23.8 Å². The number of hydrogen-bond acceptors (Lipinski definition) is 2. The summed E-state index contributed by atoms with van der Waals surface area (Å²) in [5.41, 5.74) is 0. The molecule has 0 rings (SSSR count). The molecule has 0 unspecified atom stereocenters. The van der Waals surface area contributed by atoms with Crippen LogP contribution in [0, 0.1) is 22.5 Å². The average Bonchev–Trinajstić information content (AvgIpc) is 2.16. The summed E-state index contributed by atoms with van der Waals surface area (Å²) in [7, 11) is 0. The zero-order valence-corrected chi connectivity index (χ0v) is 9.12. The Bertz CT molecular complexity index is 194. The van der Waals surface area contributed by atoms with Gasteiger partial charge in [0.1, 0.15) is 5.40 Å². The lowest BCUT2D eigenvalue weighted by Crippen LogP contribution is -1.81. The van der Waals surface area contributed by atoms with E-state index in [1.165, 1.54) is 43.9 Å². The summed E-state index contributed by atoms with van der Waals surface area (Å²) in [5.74, 6) is 6.95. The third kappa shape index (κ3) is 11.4. The van der Waals surface area contributed by atoms with Crippen LogP contribution in [0.15, 0.2) is 0 Å². The first-order valence-electron chi connectivity index (χ1n) is 4.82. The molecule has 0 fully saturated rings. The molecule has 0 aliphatic rings. The first kappa shape index (κ1) is 12.4. The Morgan fingerprint density at radius 3 is 2.46 bits per heavy atom. The van der Waals surface area contributed by atoms with Gasteiger partial charge in [0, 0.05) is 12.2 Å². The van der Waals surface area contributed by atoms with Crippen LogP contribution in [0.2, 0.25) is 0 Å². The van der Waals surface area contributed by atoms with E-state index in [1.54, 1.807) is 0 Å². The van der Waals surface area contributed by atoms with Gasteiger partial charge in [-0.15, -0.1) is 11.8 Å². The van der Waals surface area contributed by atoms with Crippen LogP contribution in [-0.2, 0) is 0 Å². The zero-order valence-electron chi connectivity index (χ0n) is 8.31. The highest BCUT2D eigenvalue weighted by molar-refractivity contribution is 8.03. The van der Waals surface area contributed by atoms with Gasteiger partial charge < -0.3 is 0 Å². The fourth-order valence-electron chi connectivity index (χ4n) is 1.09. The second kappa shape index (κ2) is 11.4. The molecule has 0 saturated carbocycles. The lowest BCUT2D eigenvalue weighted by molar-refractivity contribution is 0.644. The number of unbranched alkanes of at least 4 members (excludes halogenated alkanes) is 5. The molecule has 0 bridgehead atoms. The van der Waals surface area contributed by atoms with Gasteiger partial charge in [-0.1, -0.05) is 19.3 Å². The second-order valence-electron chi connectivity index (χ2n) is 2.88. The van der Waals surface area contributed by atoms with Gasteiger partial charge >= 0.3 is 0 Å². The van der Waals surface area contributed by atoms with Gasteiger partial charge in [-0.2, -0.15) is 5.26 Å². The molecular weight excluding hydrogens is 178 g/mol. The molecule has 0 heterocycles. The zero-order chi connectivity index (χ0) is 9.78. The third-order valence-electron chi connectivity index (χ3n) is 1.79. The van der Waals surface area contributed by atoms with Gasteiger partial charge in [0.15, 0.2) is 0 Å². The second-order valence-corrected chi connectivity index (χ2v) is 3.76. The largest absolute Gasteiger partial charge is 0.185 e. The molecule has 0 N–H and O–H groups in total. The van der Waals surface area contributed by atoms with E-state index >= 15 is 0 Å². The van der Waals surface area contributed by atoms with E-state index in [0.29, 0.717) is 0 Å². The molecule has 72 valence electrons. The first-order chi connectivity index (χ1) is 6.41. The molecule has 0 saturated heterocycles. The lowest BCUT2D eigenvalue weighted by Gasteiger charge is -1.96. The molecule has 1 nitrogen and oxygen atoms in total. The van der Waals surface area contributed by atoms with E-state index in [-0.39, 0.29) is 0 Å². The van der Waals surface area contributed by atoms with Crippen molar-refractivity contribution in [2.45, 2.75) is 45.4 Å². The minimum absolute atomic E-state index is 0.991. The molecule has 0 aromatic carbocycles. The molecule has 0 aromatic rings. The summed E-state index contributed by atoms with van der Waals surface area (Å²) < 4.78 is 0. The van der Waals surface area contributed by atoms with Gasteiger partial charge in [0.05, 0.1) is 0 Å². The van der Waals surface area contributed by atoms with Gasteiger partial charge in [-0.25, -0.2) is 0 Å². The minimum Gasteiger partial charge on any atom is -0.185 e. The van der Waals surface area contributed by atoms with Crippen LogP contribution in [-0.4, -0.2) is 5.75 Å². The van der Waals surface area contributed by atoms with Crippen molar-refractivity contribution in [1.82, 2.24) is 0 Å². The predicted octanol–water partition coefficient (Wildman–Crippen LogP) is 3.56. The highest BCUT2D eigenvalue weighted by Gasteiger charge is 1.90. The summed E-state index contributed by atoms with van der Waals surface area (Å²) in [5, 5.41) is 10.3. The van der Waals surface area contributed by atoms with Crippen molar-refractivity contribution in [3.63, 3.8) is 0 Å². The van der Waals surface area contributed by atoms with Crippen molar-refractivity contribution < 1.29 is 0 Å². The summed E-state index contributed by atoms with van der Waals surface area (Å²) >= 11 is 1.36. The van der Waals surface area contributed by atoms with Gasteiger partial charge in [0.25, 0.3) is 0 Å². The highest BCUT2D eigenvalue weighted by atomic mass is 32.2. The number of nitriles is 1. The summed E-state index contributed by atoms with van der Waals surface area (Å²) in [4.78, 5) is 0. The molecular formula is C11H17NS. The van der Waals surface area contributed by atoms with Crippen molar-refractivity contribution in [2.75, 3.05) is 5.75 Å². The average molecular weight is 195 g/mol. The van der Waals surface area contributed by atoms with Crippen molar-refractivity contribution in [3.8, 4) is 17.2 Å². The van der Waals surface area contributed by atoms with E-state index in [4.69, 9.17) is 5.26 Å². The number of nitrogens with zero attached hydrogens (tertiary/aromatic N) is 1. The van der Waals surface area contributed by atoms with E-state index < -0.39 is 0 Å². The fourth-order valence-corrected chi connectivity index (χ4v) is 1.53. The Morgan fingerprint density at radius 1 is 1.08 bits per heavy atom. The summed E-state index contributed by atoms with van der Waals surface area (Å²) in [6.07, 6.45) is 7.28. The van der Waals surface area contributed by atoms with Crippen LogP contribution in [0.25, 0.3) is 0 Å². The normalized spacial score (nSPS) is 8.62. The molecule has 0 aliphatic carbocycles. The molecule has 0 radical (unpaired) electrons. The number of rotatable bonds is 7. The van der Waals surface area contributed by atoms with E-state index in [0.717, 1.165) is 12.2 Å². The Morgan fingerprint density at radius 2 is 1.77 bits per heavy atom. The lowest BCUT2D eigenvalue weighted by atomic mass is 10.1. The number of thioether (sulfide) groups is 1. The molecule has 0 atom stereocenters. The van der Waals surface area contributed by atoms with Crippen molar-refractivity contribution >= 4 is 11.8 Å². The molecule has 13 heavy (non-hydrogen) atoms. The maximum absolute atomic E-state index is 8.26. The highest BCUT2D eigenvalue weighted by Crippen LogP contribution is 2.08. The molecule has 0 aliphatic heterocycles. The van der Waals surface area contributed by atoms with Crippen LogP contribution in [0.5, 0.6) is 0 Å². The maximum atomic E-state index is 8.26. The summed E-state index contributed by atoms with van der Waals surface area (Å²) in [6, 6.07) is 0. The minimum atomic E-state index is 0.991. The third-order valence-corrected chi connectivity index (χ3v) is 2.41. The Kier molecular flexibility index (Phi) is 10.9. The predicted molar refractivity (Wildman–Crippen MR) is 59.2 cm³/mol. The molecule has 0 spiro atoms. The van der Waals surface area contributed by atoms with Crippen LogP contribution in [0.3, 0.4) is 0 Å². The van der Waals surface area contributed by atoms with Gasteiger partial charge in [-0.3, -0.25) is 0 Å². The first-order valence-corrected chi connectivity index (χ1v) is 5.81. The number of thiocyanates is 1. The van der Waals surface area contributed by atoms with Crippen LogP contribution in [0.1, 0.15) is 45.4 Å². The van der Waals surface area contributed by atoms with E-state index in [9.17, 15) is 0 Å². The molecule has 2 heteroatoms. The van der Waals surface area contributed by atoms with Crippen LogP contribution >= 0.6 is 11.8 Å². The quantitative estimate of drug-likeness (QED) is 0.352. The van der Waals surface area contributed by atoms with Gasteiger partial charge in [0.2, 0.25) is 0 Å². The van der Waals surface area contributed by atoms with Crippen LogP contribution < -0.4 is 0 Å². The number of hydrogen-bond donors (Lipinski definition) is 0. The SMILES string of the molecule is CC#CCCCCCCCSC#N.